The number of aromatic nitrogens is 6. The Labute approximate surface area is 213 Å². The van der Waals surface area contributed by atoms with Gasteiger partial charge in [0.1, 0.15) is 11.5 Å². The van der Waals surface area contributed by atoms with Crippen molar-refractivity contribution in [3.8, 4) is 22.6 Å². The lowest BCUT2D eigenvalue weighted by molar-refractivity contribution is 0.425. The highest BCUT2D eigenvalue weighted by Gasteiger charge is 2.20. The number of piperidine rings is 1. The number of likely N-dealkylation sites (N-methyl/N-ethyl adjacent to an activating group) is 1. The van der Waals surface area contributed by atoms with E-state index in [1.165, 1.54) is 12.1 Å². The van der Waals surface area contributed by atoms with Crippen LogP contribution >= 0.6 is 0 Å². The summed E-state index contributed by atoms with van der Waals surface area (Å²) in [5.41, 5.74) is 6.37. The first-order chi connectivity index (χ1) is 18.0. The van der Waals surface area contributed by atoms with E-state index in [1.54, 1.807) is 12.4 Å². The van der Waals surface area contributed by atoms with Crippen LogP contribution in [0.15, 0.2) is 42.9 Å². The summed E-state index contributed by atoms with van der Waals surface area (Å²) in [5.74, 6) is 0.765. The first-order valence-corrected chi connectivity index (χ1v) is 12.6. The number of fused-ring (bicyclic) bond motifs is 2. The summed E-state index contributed by atoms with van der Waals surface area (Å²) >= 11 is 0. The number of H-pyrrole nitrogens is 2. The minimum Gasteiger partial charge on any atom is -0.384 e. The zero-order valence-corrected chi connectivity index (χ0v) is 21.0. The van der Waals surface area contributed by atoms with Crippen molar-refractivity contribution in [2.75, 3.05) is 45.6 Å². The summed E-state index contributed by atoms with van der Waals surface area (Å²) in [5, 5.41) is 15.3. The third-order valence-electron chi connectivity index (χ3n) is 6.94. The minimum atomic E-state index is -0.311. The SMILES string of the molecule is CN(C)CCNc1cc(F)cc(-c2cncc3[nH]c(-c4n[nH]c5cnc(C6CCNCC6)cc45)nc23)c1. The maximum absolute atomic E-state index is 14.6. The molecular weight excluding hydrogens is 469 g/mol. The van der Waals surface area contributed by atoms with Gasteiger partial charge in [-0.1, -0.05) is 0 Å². The van der Waals surface area contributed by atoms with Crippen LogP contribution in [0.3, 0.4) is 0 Å². The van der Waals surface area contributed by atoms with Crippen molar-refractivity contribution in [1.82, 2.24) is 40.3 Å². The third-order valence-corrected chi connectivity index (χ3v) is 6.94. The molecule has 190 valence electrons. The van der Waals surface area contributed by atoms with Crippen LogP contribution in [0.2, 0.25) is 0 Å². The number of halogens is 1. The second kappa shape index (κ2) is 9.87. The second-order valence-electron chi connectivity index (χ2n) is 9.88. The summed E-state index contributed by atoms with van der Waals surface area (Å²) in [6.45, 7) is 3.58. The van der Waals surface area contributed by atoms with Crippen molar-refractivity contribution < 1.29 is 4.39 Å². The first kappa shape index (κ1) is 23.5. The van der Waals surface area contributed by atoms with Gasteiger partial charge < -0.3 is 20.5 Å². The number of anilines is 1. The molecule has 1 fully saturated rings. The molecule has 1 aromatic carbocycles. The van der Waals surface area contributed by atoms with E-state index in [1.807, 2.05) is 26.4 Å². The van der Waals surface area contributed by atoms with E-state index in [0.29, 0.717) is 23.9 Å². The molecule has 0 saturated carbocycles. The number of rotatable bonds is 7. The molecule has 1 aliphatic rings. The molecule has 4 N–H and O–H groups in total. The molecule has 5 aromatic rings. The molecule has 1 saturated heterocycles. The molecule has 0 aliphatic carbocycles. The lowest BCUT2D eigenvalue weighted by atomic mass is 9.93. The Bertz CT molecular complexity index is 1550. The fraction of sp³-hybridized carbons (Fsp3) is 0.333. The second-order valence-corrected chi connectivity index (χ2v) is 9.88. The van der Waals surface area contributed by atoms with Crippen LogP contribution in [0.1, 0.15) is 24.5 Å². The van der Waals surface area contributed by atoms with Gasteiger partial charge in [0.15, 0.2) is 5.82 Å². The van der Waals surface area contributed by atoms with Crippen molar-refractivity contribution in [2.24, 2.45) is 0 Å². The predicted molar refractivity (Wildman–Crippen MR) is 144 cm³/mol. The molecule has 0 unspecified atom stereocenters. The van der Waals surface area contributed by atoms with E-state index in [2.05, 4.69) is 41.8 Å². The van der Waals surface area contributed by atoms with Crippen molar-refractivity contribution in [1.29, 1.82) is 0 Å². The topological polar surface area (TPSA) is 110 Å². The molecule has 0 amide bonds. The normalized spacial score (nSPS) is 14.7. The smallest absolute Gasteiger partial charge is 0.159 e. The van der Waals surface area contributed by atoms with Crippen LogP contribution in [0.25, 0.3) is 44.6 Å². The van der Waals surface area contributed by atoms with Crippen LogP contribution < -0.4 is 10.6 Å². The maximum atomic E-state index is 14.6. The van der Waals surface area contributed by atoms with E-state index in [9.17, 15) is 4.39 Å². The number of hydrogen-bond donors (Lipinski definition) is 4. The summed E-state index contributed by atoms with van der Waals surface area (Å²) in [4.78, 5) is 19.5. The number of benzene rings is 1. The van der Waals surface area contributed by atoms with Crippen molar-refractivity contribution >= 4 is 27.6 Å². The van der Waals surface area contributed by atoms with Gasteiger partial charge in [0.25, 0.3) is 0 Å². The monoisotopic (exact) mass is 499 g/mol. The van der Waals surface area contributed by atoms with Crippen LogP contribution in [0.5, 0.6) is 0 Å². The number of nitrogens with zero attached hydrogens (tertiary/aromatic N) is 5. The predicted octanol–water partition coefficient (Wildman–Crippen LogP) is 4.14. The summed E-state index contributed by atoms with van der Waals surface area (Å²) < 4.78 is 14.6. The molecule has 10 heteroatoms. The lowest BCUT2D eigenvalue weighted by Gasteiger charge is -2.21. The molecule has 0 spiro atoms. The standard InChI is InChI=1S/C27H30FN9/c1-37(2)8-7-31-19-10-17(9-18(28)11-19)21-13-30-14-24-25(21)34-27(33-24)26-20-12-22(16-3-5-29-6-4-16)32-15-23(20)35-36-26/h9-16,29,31H,3-8H2,1-2H3,(H,33,34)(H,35,36). The molecule has 4 aromatic heterocycles. The van der Waals surface area contributed by atoms with Crippen molar-refractivity contribution in [2.45, 2.75) is 18.8 Å². The highest BCUT2D eigenvalue weighted by atomic mass is 19.1. The zero-order chi connectivity index (χ0) is 25.4. The van der Waals surface area contributed by atoms with Crippen LogP contribution in [0, 0.1) is 5.82 Å². The van der Waals surface area contributed by atoms with Gasteiger partial charge in [0.05, 0.1) is 28.9 Å². The quantitative estimate of drug-likeness (QED) is 0.266. The Kier molecular flexibility index (Phi) is 6.27. The highest BCUT2D eigenvalue weighted by Crippen LogP contribution is 2.33. The largest absolute Gasteiger partial charge is 0.384 e. The molecule has 0 atom stereocenters. The highest BCUT2D eigenvalue weighted by molar-refractivity contribution is 5.96. The molecule has 37 heavy (non-hydrogen) atoms. The lowest BCUT2D eigenvalue weighted by Crippen LogP contribution is -2.27. The van der Waals surface area contributed by atoms with Crippen molar-refractivity contribution in [3.63, 3.8) is 0 Å². The number of nitrogens with one attached hydrogen (secondary N) is 4. The molecule has 1 aliphatic heterocycles. The average Bonchev–Trinajstić information content (AvgIpc) is 3.52. The fourth-order valence-corrected chi connectivity index (χ4v) is 4.98. The van der Waals surface area contributed by atoms with Crippen LogP contribution in [-0.2, 0) is 0 Å². The van der Waals surface area contributed by atoms with E-state index < -0.39 is 0 Å². The Morgan fingerprint density at radius 1 is 1.05 bits per heavy atom. The van der Waals surface area contributed by atoms with E-state index in [0.717, 1.165) is 77.1 Å². The van der Waals surface area contributed by atoms with Gasteiger partial charge in [0.2, 0.25) is 0 Å². The summed E-state index contributed by atoms with van der Waals surface area (Å²) in [6.07, 6.45) is 7.47. The van der Waals surface area contributed by atoms with Gasteiger partial charge in [-0.3, -0.25) is 15.1 Å². The summed E-state index contributed by atoms with van der Waals surface area (Å²) in [7, 11) is 4.02. The maximum Gasteiger partial charge on any atom is 0.159 e. The number of imidazole rings is 1. The Morgan fingerprint density at radius 3 is 2.76 bits per heavy atom. The van der Waals surface area contributed by atoms with Crippen LogP contribution in [0.4, 0.5) is 10.1 Å². The number of aromatic amines is 2. The van der Waals surface area contributed by atoms with Gasteiger partial charge in [-0.2, -0.15) is 5.10 Å². The molecular formula is C27H30FN9. The van der Waals surface area contributed by atoms with E-state index in [-0.39, 0.29) is 5.82 Å². The first-order valence-electron chi connectivity index (χ1n) is 12.6. The zero-order valence-electron chi connectivity index (χ0n) is 21.0. The van der Waals surface area contributed by atoms with Crippen LogP contribution in [-0.4, -0.2) is 75.3 Å². The van der Waals surface area contributed by atoms with Gasteiger partial charge in [-0.15, -0.1) is 0 Å². The summed E-state index contributed by atoms with van der Waals surface area (Å²) in [6, 6.07) is 7.09. The molecule has 0 bridgehead atoms. The minimum absolute atomic E-state index is 0.311. The third kappa shape index (κ3) is 4.77. The Balaban J connectivity index is 1.37. The van der Waals surface area contributed by atoms with E-state index in [4.69, 9.17) is 9.97 Å². The fourth-order valence-electron chi connectivity index (χ4n) is 4.98. The molecule has 0 radical (unpaired) electrons. The Hall–Kier alpha value is -3.89. The number of pyridine rings is 2. The number of hydrogen-bond acceptors (Lipinski definition) is 7. The molecule has 9 nitrogen and oxygen atoms in total. The van der Waals surface area contributed by atoms with E-state index >= 15 is 0 Å². The van der Waals surface area contributed by atoms with Gasteiger partial charge in [-0.25, -0.2) is 9.37 Å². The Morgan fingerprint density at radius 2 is 1.92 bits per heavy atom. The van der Waals surface area contributed by atoms with Gasteiger partial charge in [0, 0.05) is 47.5 Å². The van der Waals surface area contributed by atoms with Gasteiger partial charge >= 0.3 is 0 Å². The molecule has 5 heterocycles. The van der Waals surface area contributed by atoms with Gasteiger partial charge in [-0.05, 0) is 69.9 Å². The van der Waals surface area contributed by atoms with Crippen molar-refractivity contribution in [3.05, 3.63) is 54.4 Å². The average molecular weight is 500 g/mol. The molecule has 6 rings (SSSR count).